The lowest BCUT2D eigenvalue weighted by Crippen LogP contribution is -2.59. The molecule has 0 saturated carbocycles. The van der Waals surface area contributed by atoms with Crippen LogP contribution < -0.4 is 20.9 Å². The van der Waals surface area contributed by atoms with E-state index in [9.17, 15) is 14.2 Å². The first-order valence-corrected chi connectivity index (χ1v) is 8.68. The molecular formula is C12H17N4O6P. The highest BCUT2D eigenvalue weighted by molar-refractivity contribution is 7.51. The second-order valence-corrected chi connectivity index (χ2v) is 6.52. The zero-order valence-electron chi connectivity index (χ0n) is 12.4. The molecule has 0 radical (unpaired) electrons. The molecule has 1 aromatic rings. The van der Waals surface area contributed by atoms with E-state index in [4.69, 9.17) is 19.3 Å². The number of hydrogen-bond donors (Lipinski definition) is 2. The van der Waals surface area contributed by atoms with Crippen molar-refractivity contribution >= 4 is 13.7 Å². The number of morpholine rings is 1. The van der Waals surface area contributed by atoms with Crippen molar-refractivity contribution in [1.29, 1.82) is 0 Å². The predicted molar refractivity (Wildman–Crippen MR) is 79.8 cm³/mol. The number of fused-ring (bicyclic) bond motifs is 2. The summed E-state index contributed by atoms with van der Waals surface area (Å²) in [5.41, 5.74) is 7.78. The summed E-state index contributed by atoms with van der Waals surface area (Å²) in [6.45, 7) is 2.71. The number of amides is 1. The van der Waals surface area contributed by atoms with E-state index in [0.717, 1.165) is 0 Å². The number of carbonyl (C=O) groups excluding carboxylic acids is 1. The first-order valence-electron chi connectivity index (χ1n) is 7.06. The van der Waals surface area contributed by atoms with Crippen LogP contribution in [-0.4, -0.2) is 48.0 Å². The van der Waals surface area contributed by atoms with Gasteiger partial charge >= 0.3 is 7.75 Å². The molecule has 2 aliphatic heterocycles. The largest absolute Gasteiger partial charge is 0.456 e. The highest BCUT2D eigenvalue weighted by Gasteiger charge is 2.38. The lowest BCUT2D eigenvalue weighted by molar-refractivity contribution is -0.00305. The zero-order valence-corrected chi connectivity index (χ0v) is 13.3. The van der Waals surface area contributed by atoms with Crippen LogP contribution in [0.15, 0.2) is 17.1 Å². The quantitative estimate of drug-likeness (QED) is 0.712. The Bertz CT molecular complexity index is 735. The minimum absolute atomic E-state index is 0.0435. The van der Waals surface area contributed by atoms with Crippen molar-refractivity contribution in [3.8, 4) is 5.75 Å². The summed E-state index contributed by atoms with van der Waals surface area (Å²) >= 11 is 0. The highest BCUT2D eigenvalue weighted by Crippen LogP contribution is 2.40. The number of nitrogens with zero attached hydrogens (tertiary/aromatic N) is 2. The minimum atomic E-state index is -3.99. The third kappa shape index (κ3) is 2.98. The first-order chi connectivity index (χ1) is 10.9. The van der Waals surface area contributed by atoms with Gasteiger partial charge < -0.3 is 19.6 Å². The average molecular weight is 344 g/mol. The molecule has 0 spiro atoms. The third-order valence-corrected chi connectivity index (χ3v) is 4.52. The van der Waals surface area contributed by atoms with Gasteiger partial charge in [0.25, 0.3) is 5.91 Å². The molecule has 2 atom stereocenters. The lowest BCUT2D eigenvalue weighted by atomic mass is 10.2. The van der Waals surface area contributed by atoms with Crippen molar-refractivity contribution in [3.63, 3.8) is 0 Å². The van der Waals surface area contributed by atoms with Crippen LogP contribution in [0.5, 0.6) is 5.75 Å². The number of ether oxygens (including phenoxy) is 1. The smallest absolute Gasteiger partial charge is 0.407 e. The molecule has 0 bridgehead atoms. The molecule has 10 nitrogen and oxygen atoms in total. The van der Waals surface area contributed by atoms with Crippen LogP contribution >= 0.6 is 7.75 Å². The van der Waals surface area contributed by atoms with E-state index in [0.29, 0.717) is 19.8 Å². The summed E-state index contributed by atoms with van der Waals surface area (Å²) in [6.07, 6.45) is 1.05. The monoisotopic (exact) mass is 344 g/mol. The Morgan fingerprint density at radius 2 is 2.30 bits per heavy atom. The molecule has 3 N–H and O–H groups in total. The van der Waals surface area contributed by atoms with Crippen LogP contribution in [0.25, 0.3) is 0 Å². The summed E-state index contributed by atoms with van der Waals surface area (Å²) in [4.78, 5) is 26.3. The van der Waals surface area contributed by atoms with Crippen LogP contribution in [-0.2, 0) is 13.8 Å². The molecule has 0 aromatic carbocycles. The van der Waals surface area contributed by atoms with Crippen molar-refractivity contribution in [2.24, 2.45) is 5.50 Å². The van der Waals surface area contributed by atoms with Crippen molar-refractivity contribution < 1.29 is 23.1 Å². The van der Waals surface area contributed by atoms with Crippen molar-refractivity contribution in [2.75, 3.05) is 31.8 Å². The SMILES string of the molecule is CCOP(N)(=O)Oc1c2n(ccc1=O)N[C@@H]1COCCN1C2=O. The Labute approximate surface area is 131 Å². The molecule has 23 heavy (non-hydrogen) atoms. The van der Waals surface area contributed by atoms with Crippen LogP contribution in [0.4, 0.5) is 0 Å². The Kier molecular flexibility index (Phi) is 4.15. The molecule has 1 unspecified atom stereocenters. The Hall–Kier alpha value is -1.87. The second kappa shape index (κ2) is 5.97. The van der Waals surface area contributed by atoms with E-state index in [-0.39, 0.29) is 18.5 Å². The van der Waals surface area contributed by atoms with Crippen LogP contribution in [0.2, 0.25) is 0 Å². The fourth-order valence-corrected chi connectivity index (χ4v) is 3.34. The molecule has 1 aromatic heterocycles. The summed E-state index contributed by atoms with van der Waals surface area (Å²) in [6, 6.07) is 1.18. The van der Waals surface area contributed by atoms with Crippen LogP contribution in [0, 0.1) is 0 Å². The number of hydrogen-bond acceptors (Lipinski definition) is 7. The Balaban J connectivity index is 2.04. The van der Waals surface area contributed by atoms with Gasteiger partial charge in [0.05, 0.1) is 19.8 Å². The van der Waals surface area contributed by atoms with E-state index in [1.54, 1.807) is 6.92 Å². The molecular weight excluding hydrogens is 327 g/mol. The maximum atomic E-state index is 12.7. The van der Waals surface area contributed by atoms with Gasteiger partial charge in [0.1, 0.15) is 6.17 Å². The number of nitrogens with two attached hydrogens (primary N) is 1. The van der Waals surface area contributed by atoms with Crippen LogP contribution in [0.1, 0.15) is 17.4 Å². The molecule has 1 fully saturated rings. The standard InChI is InChI=1S/C12H17N4O6P/c1-2-21-23(13,19)22-11-8(17)3-4-16-10(11)12(18)15-5-6-20-7-9(15)14-16/h3-4,9,14H,2,5-7H2,1H3,(H2,13,19)/t9-,23?/m0/s1. The summed E-state index contributed by atoms with van der Waals surface area (Å²) in [7, 11) is -3.99. The second-order valence-electron chi connectivity index (χ2n) is 4.99. The third-order valence-electron chi connectivity index (χ3n) is 3.46. The Morgan fingerprint density at radius 3 is 3.04 bits per heavy atom. The number of aromatic nitrogens is 1. The van der Waals surface area contributed by atoms with Gasteiger partial charge in [-0.15, -0.1) is 0 Å². The van der Waals surface area contributed by atoms with Gasteiger partial charge in [0, 0.05) is 18.8 Å². The molecule has 11 heteroatoms. The van der Waals surface area contributed by atoms with E-state index < -0.39 is 24.8 Å². The highest BCUT2D eigenvalue weighted by atomic mass is 31.2. The number of nitrogens with one attached hydrogen (secondary N) is 1. The van der Waals surface area contributed by atoms with Gasteiger partial charge in [-0.3, -0.25) is 18.8 Å². The normalized spacial score (nSPS) is 22.6. The summed E-state index contributed by atoms with van der Waals surface area (Å²) in [5.74, 6) is -0.824. The van der Waals surface area contributed by atoms with Crippen molar-refractivity contribution in [2.45, 2.75) is 13.1 Å². The van der Waals surface area contributed by atoms with Gasteiger partial charge in [0.2, 0.25) is 11.2 Å². The van der Waals surface area contributed by atoms with E-state index in [1.165, 1.54) is 21.8 Å². The van der Waals surface area contributed by atoms with Gasteiger partial charge in [0.15, 0.2) is 5.69 Å². The Morgan fingerprint density at radius 1 is 1.52 bits per heavy atom. The van der Waals surface area contributed by atoms with E-state index >= 15 is 0 Å². The van der Waals surface area contributed by atoms with Crippen molar-refractivity contribution in [3.05, 3.63) is 28.2 Å². The molecule has 1 saturated heterocycles. The van der Waals surface area contributed by atoms with Gasteiger partial charge in [-0.1, -0.05) is 0 Å². The maximum absolute atomic E-state index is 12.7. The zero-order chi connectivity index (χ0) is 16.6. The molecule has 3 rings (SSSR count). The number of rotatable bonds is 4. The van der Waals surface area contributed by atoms with Gasteiger partial charge in [-0.05, 0) is 6.92 Å². The maximum Gasteiger partial charge on any atom is 0.456 e. The molecule has 126 valence electrons. The molecule has 0 aliphatic carbocycles. The lowest BCUT2D eigenvalue weighted by Gasteiger charge is -2.41. The molecule has 3 heterocycles. The number of carbonyl (C=O) groups is 1. The van der Waals surface area contributed by atoms with Crippen molar-refractivity contribution in [1.82, 2.24) is 9.58 Å². The van der Waals surface area contributed by atoms with Gasteiger partial charge in [-0.2, -0.15) is 0 Å². The van der Waals surface area contributed by atoms with E-state index in [1.807, 2.05) is 0 Å². The number of pyridine rings is 1. The van der Waals surface area contributed by atoms with E-state index in [2.05, 4.69) is 5.43 Å². The topological polar surface area (TPSA) is 125 Å². The summed E-state index contributed by atoms with van der Waals surface area (Å²) < 4.78 is 28.6. The average Bonchev–Trinajstić information content (AvgIpc) is 2.50. The van der Waals surface area contributed by atoms with Gasteiger partial charge in [-0.25, -0.2) is 10.1 Å². The fourth-order valence-electron chi connectivity index (χ4n) is 2.50. The minimum Gasteiger partial charge on any atom is -0.407 e. The molecule has 1 amide bonds. The predicted octanol–water partition coefficient (Wildman–Crippen LogP) is -0.314. The first kappa shape index (κ1) is 16.0. The fraction of sp³-hybridized carbons (Fsp3) is 0.500. The summed E-state index contributed by atoms with van der Waals surface area (Å²) in [5, 5.41) is 0. The van der Waals surface area contributed by atoms with Crippen LogP contribution in [0.3, 0.4) is 0 Å². The molecule has 2 aliphatic rings.